The first kappa shape index (κ1) is 12.2. The highest BCUT2D eigenvalue weighted by Gasteiger charge is 2.25. The molecule has 1 heterocycles. The van der Waals surface area contributed by atoms with Gasteiger partial charge in [0.15, 0.2) is 0 Å². The quantitative estimate of drug-likeness (QED) is 0.799. The van der Waals surface area contributed by atoms with Crippen molar-refractivity contribution in [1.29, 1.82) is 0 Å². The molecule has 92 valence electrons. The standard InChI is InChI=1S/C12H14BrNO3/c1-8(2)17-12(15)14-5-6-16-11-4-3-9(13)7-10(11)14/h3-4,7-8H,5-6H2,1-2H3. The average molecular weight is 300 g/mol. The highest BCUT2D eigenvalue weighted by molar-refractivity contribution is 9.10. The van der Waals surface area contributed by atoms with E-state index in [1.54, 1.807) is 4.90 Å². The van der Waals surface area contributed by atoms with E-state index in [9.17, 15) is 4.79 Å². The molecule has 0 radical (unpaired) electrons. The predicted octanol–water partition coefficient (Wildman–Crippen LogP) is 3.19. The summed E-state index contributed by atoms with van der Waals surface area (Å²) in [6.45, 7) is 4.66. The van der Waals surface area contributed by atoms with Gasteiger partial charge in [-0.1, -0.05) is 15.9 Å². The Morgan fingerprint density at radius 1 is 1.53 bits per heavy atom. The van der Waals surface area contributed by atoms with Crippen molar-refractivity contribution in [1.82, 2.24) is 0 Å². The number of fused-ring (bicyclic) bond motifs is 1. The lowest BCUT2D eigenvalue weighted by Gasteiger charge is -2.29. The molecule has 1 amide bonds. The number of hydrogen-bond acceptors (Lipinski definition) is 3. The van der Waals surface area contributed by atoms with E-state index in [0.717, 1.165) is 10.2 Å². The molecule has 0 fully saturated rings. The van der Waals surface area contributed by atoms with Crippen molar-refractivity contribution in [3.63, 3.8) is 0 Å². The predicted molar refractivity (Wildman–Crippen MR) is 68.6 cm³/mol. The van der Waals surface area contributed by atoms with Crippen LogP contribution in [0.1, 0.15) is 13.8 Å². The summed E-state index contributed by atoms with van der Waals surface area (Å²) in [5, 5.41) is 0. The van der Waals surface area contributed by atoms with Gasteiger partial charge in [-0.3, -0.25) is 4.90 Å². The van der Waals surface area contributed by atoms with Crippen LogP contribution in [0.4, 0.5) is 10.5 Å². The van der Waals surface area contributed by atoms with E-state index in [1.165, 1.54) is 0 Å². The third kappa shape index (κ3) is 2.72. The molecule has 2 rings (SSSR count). The van der Waals surface area contributed by atoms with Crippen molar-refractivity contribution in [3.8, 4) is 5.75 Å². The largest absolute Gasteiger partial charge is 0.490 e. The molecule has 1 aliphatic heterocycles. The lowest BCUT2D eigenvalue weighted by Crippen LogP contribution is -2.39. The van der Waals surface area contributed by atoms with Gasteiger partial charge >= 0.3 is 6.09 Å². The molecule has 5 heteroatoms. The van der Waals surface area contributed by atoms with Crippen LogP contribution in [0.3, 0.4) is 0 Å². The van der Waals surface area contributed by atoms with E-state index in [1.807, 2.05) is 32.0 Å². The van der Waals surface area contributed by atoms with Crippen LogP contribution in [0, 0.1) is 0 Å². The number of rotatable bonds is 1. The van der Waals surface area contributed by atoms with E-state index in [2.05, 4.69) is 15.9 Å². The van der Waals surface area contributed by atoms with Crippen molar-refractivity contribution in [2.45, 2.75) is 20.0 Å². The van der Waals surface area contributed by atoms with Gasteiger partial charge in [-0.2, -0.15) is 0 Å². The minimum atomic E-state index is -0.331. The van der Waals surface area contributed by atoms with Crippen LogP contribution in [0.15, 0.2) is 22.7 Å². The number of benzene rings is 1. The van der Waals surface area contributed by atoms with Crippen molar-refractivity contribution in [2.75, 3.05) is 18.1 Å². The van der Waals surface area contributed by atoms with Gasteiger partial charge in [-0.15, -0.1) is 0 Å². The highest BCUT2D eigenvalue weighted by Crippen LogP contribution is 2.34. The number of carbonyl (C=O) groups excluding carboxylic acids is 1. The third-order valence-corrected chi connectivity index (χ3v) is 2.83. The fourth-order valence-electron chi connectivity index (χ4n) is 1.65. The molecule has 0 N–H and O–H groups in total. The van der Waals surface area contributed by atoms with E-state index >= 15 is 0 Å². The summed E-state index contributed by atoms with van der Waals surface area (Å²) >= 11 is 3.38. The molecule has 1 aromatic rings. The first-order chi connectivity index (χ1) is 8.08. The Balaban J connectivity index is 2.27. The SMILES string of the molecule is CC(C)OC(=O)N1CCOc2ccc(Br)cc21. The summed E-state index contributed by atoms with van der Waals surface area (Å²) in [7, 11) is 0. The third-order valence-electron chi connectivity index (χ3n) is 2.34. The molecule has 0 atom stereocenters. The minimum Gasteiger partial charge on any atom is -0.490 e. The van der Waals surface area contributed by atoms with Gasteiger partial charge in [0.2, 0.25) is 0 Å². The average Bonchev–Trinajstić information content (AvgIpc) is 2.27. The number of anilines is 1. The lowest BCUT2D eigenvalue weighted by atomic mass is 10.2. The molecular formula is C12H14BrNO3. The molecule has 0 spiro atoms. The van der Waals surface area contributed by atoms with E-state index in [4.69, 9.17) is 9.47 Å². The molecule has 4 nitrogen and oxygen atoms in total. The number of ether oxygens (including phenoxy) is 2. The van der Waals surface area contributed by atoms with Crippen LogP contribution in [0.2, 0.25) is 0 Å². The van der Waals surface area contributed by atoms with Crippen LogP contribution in [-0.2, 0) is 4.74 Å². The Morgan fingerprint density at radius 2 is 2.29 bits per heavy atom. The van der Waals surface area contributed by atoms with Gasteiger partial charge in [0.25, 0.3) is 0 Å². The summed E-state index contributed by atoms with van der Waals surface area (Å²) in [5.41, 5.74) is 0.747. The fraction of sp³-hybridized carbons (Fsp3) is 0.417. The molecule has 0 saturated carbocycles. The van der Waals surface area contributed by atoms with Crippen molar-refractivity contribution in [3.05, 3.63) is 22.7 Å². The molecule has 0 aromatic heterocycles. The number of nitrogens with zero attached hydrogens (tertiary/aromatic N) is 1. The maximum Gasteiger partial charge on any atom is 0.414 e. The highest BCUT2D eigenvalue weighted by atomic mass is 79.9. The number of hydrogen-bond donors (Lipinski definition) is 0. The summed E-state index contributed by atoms with van der Waals surface area (Å²) in [5.74, 6) is 0.708. The van der Waals surface area contributed by atoms with Gasteiger partial charge in [-0.25, -0.2) is 4.79 Å². The number of carbonyl (C=O) groups is 1. The fourth-order valence-corrected chi connectivity index (χ4v) is 1.99. The van der Waals surface area contributed by atoms with Gasteiger partial charge in [0.05, 0.1) is 18.3 Å². The van der Waals surface area contributed by atoms with E-state index in [-0.39, 0.29) is 12.2 Å². The van der Waals surface area contributed by atoms with Crippen LogP contribution < -0.4 is 9.64 Å². The Kier molecular flexibility index (Phi) is 3.57. The summed E-state index contributed by atoms with van der Waals surface area (Å²) in [6.07, 6.45) is -0.455. The smallest absolute Gasteiger partial charge is 0.414 e. The molecule has 0 unspecified atom stereocenters. The summed E-state index contributed by atoms with van der Waals surface area (Å²) in [6, 6.07) is 5.58. The first-order valence-electron chi connectivity index (χ1n) is 5.48. The van der Waals surface area contributed by atoms with Crippen LogP contribution in [0.25, 0.3) is 0 Å². The first-order valence-corrected chi connectivity index (χ1v) is 6.27. The normalized spacial score (nSPS) is 14.2. The second kappa shape index (κ2) is 4.96. The molecule has 17 heavy (non-hydrogen) atoms. The number of halogens is 1. The zero-order chi connectivity index (χ0) is 12.4. The second-order valence-electron chi connectivity index (χ2n) is 4.04. The van der Waals surface area contributed by atoms with Crippen LogP contribution >= 0.6 is 15.9 Å². The maximum absolute atomic E-state index is 11.9. The Hall–Kier alpha value is -1.23. The maximum atomic E-state index is 11.9. The molecular weight excluding hydrogens is 286 g/mol. The molecule has 1 aromatic carbocycles. The van der Waals surface area contributed by atoms with Crippen LogP contribution in [0.5, 0.6) is 5.75 Å². The van der Waals surface area contributed by atoms with E-state index in [0.29, 0.717) is 18.9 Å². The Bertz CT molecular complexity index is 434. The van der Waals surface area contributed by atoms with Crippen molar-refractivity contribution >= 4 is 27.7 Å². The number of amides is 1. The monoisotopic (exact) mass is 299 g/mol. The topological polar surface area (TPSA) is 38.8 Å². The summed E-state index contributed by atoms with van der Waals surface area (Å²) < 4.78 is 11.6. The second-order valence-corrected chi connectivity index (χ2v) is 4.96. The van der Waals surface area contributed by atoms with Gasteiger partial charge in [0, 0.05) is 4.47 Å². The molecule has 0 bridgehead atoms. The van der Waals surface area contributed by atoms with Gasteiger partial charge in [0.1, 0.15) is 12.4 Å². The molecule has 0 saturated heterocycles. The Labute approximate surface area is 109 Å². The summed E-state index contributed by atoms with van der Waals surface area (Å²) in [4.78, 5) is 13.5. The van der Waals surface area contributed by atoms with Crippen molar-refractivity contribution in [2.24, 2.45) is 0 Å². The van der Waals surface area contributed by atoms with Gasteiger partial charge < -0.3 is 9.47 Å². The minimum absolute atomic E-state index is 0.124. The zero-order valence-corrected chi connectivity index (χ0v) is 11.4. The van der Waals surface area contributed by atoms with E-state index < -0.39 is 0 Å². The zero-order valence-electron chi connectivity index (χ0n) is 9.77. The van der Waals surface area contributed by atoms with Crippen molar-refractivity contribution < 1.29 is 14.3 Å². The van der Waals surface area contributed by atoms with Gasteiger partial charge in [-0.05, 0) is 32.0 Å². The van der Waals surface area contributed by atoms with Crippen LogP contribution in [-0.4, -0.2) is 25.3 Å². The lowest BCUT2D eigenvalue weighted by molar-refractivity contribution is 0.120. The molecule has 1 aliphatic rings. The Morgan fingerprint density at radius 3 is 3.00 bits per heavy atom. The molecule has 0 aliphatic carbocycles.